The summed E-state index contributed by atoms with van der Waals surface area (Å²) in [5.74, 6) is 0.409. The number of guanidine groups is 1. The second-order valence-electron chi connectivity index (χ2n) is 4.88. The molecule has 0 aliphatic carbocycles. The number of carbonyl (C=O) groups excluding carboxylic acids is 1. The first-order valence-electron chi connectivity index (χ1n) is 5.78. The van der Waals surface area contributed by atoms with Crippen molar-refractivity contribution in [3.05, 3.63) is 24.2 Å². The third kappa shape index (κ3) is 7.70. The first-order chi connectivity index (χ1) is 8.38. The van der Waals surface area contributed by atoms with Crippen molar-refractivity contribution in [3.8, 4) is 0 Å². The van der Waals surface area contributed by atoms with Crippen molar-refractivity contribution < 1.29 is 9.21 Å². The minimum atomic E-state index is -0.252. The highest BCUT2D eigenvalue weighted by molar-refractivity contribution is 14.0. The molecule has 19 heavy (non-hydrogen) atoms. The molecule has 1 heterocycles. The Kier molecular flexibility index (Phi) is 7.50. The van der Waals surface area contributed by atoms with Gasteiger partial charge in [-0.3, -0.25) is 9.79 Å². The molecule has 1 aromatic rings. The van der Waals surface area contributed by atoms with E-state index < -0.39 is 0 Å². The van der Waals surface area contributed by atoms with Gasteiger partial charge in [-0.05, 0) is 32.9 Å². The molecule has 1 rings (SSSR count). The fourth-order valence-electron chi connectivity index (χ4n) is 1.26. The zero-order valence-corrected chi connectivity index (χ0v) is 13.7. The molecule has 1 aromatic heterocycles. The first-order valence-corrected chi connectivity index (χ1v) is 5.78. The van der Waals surface area contributed by atoms with Crippen molar-refractivity contribution in [2.45, 2.75) is 26.3 Å². The number of carbonyl (C=O) groups is 1. The van der Waals surface area contributed by atoms with Gasteiger partial charge in [0, 0.05) is 12.1 Å². The number of hydrogen-bond acceptors (Lipinski definition) is 3. The smallest absolute Gasteiger partial charge is 0.287 e. The Bertz CT molecular complexity index is 410. The molecular formula is C12H21IN4O2. The lowest BCUT2D eigenvalue weighted by atomic mass is 10.1. The van der Waals surface area contributed by atoms with Gasteiger partial charge in [0.2, 0.25) is 0 Å². The number of rotatable bonds is 4. The Morgan fingerprint density at radius 2 is 2.16 bits per heavy atom. The van der Waals surface area contributed by atoms with E-state index in [9.17, 15) is 4.79 Å². The van der Waals surface area contributed by atoms with Crippen molar-refractivity contribution in [1.29, 1.82) is 0 Å². The molecule has 0 atom stereocenters. The summed E-state index contributed by atoms with van der Waals surface area (Å²) < 4.78 is 4.95. The Morgan fingerprint density at radius 3 is 2.68 bits per heavy atom. The third-order valence-electron chi connectivity index (χ3n) is 1.93. The van der Waals surface area contributed by atoms with E-state index in [1.165, 1.54) is 6.26 Å². The van der Waals surface area contributed by atoms with E-state index in [4.69, 9.17) is 10.2 Å². The van der Waals surface area contributed by atoms with Gasteiger partial charge in [0.1, 0.15) is 0 Å². The molecule has 0 fully saturated rings. The molecule has 1 amide bonds. The van der Waals surface area contributed by atoms with Gasteiger partial charge in [-0.15, -0.1) is 24.0 Å². The van der Waals surface area contributed by atoms with Crippen LogP contribution in [0.25, 0.3) is 0 Å². The predicted molar refractivity (Wildman–Crippen MR) is 85.8 cm³/mol. The molecule has 0 saturated heterocycles. The highest BCUT2D eigenvalue weighted by Crippen LogP contribution is 1.98. The molecule has 4 N–H and O–H groups in total. The summed E-state index contributed by atoms with van der Waals surface area (Å²) in [5, 5.41) is 5.71. The summed E-state index contributed by atoms with van der Waals surface area (Å²) in [6.45, 7) is 6.81. The van der Waals surface area contributed by atoms with E-state index in [2.05, 4.69) is 15.6 Å². The fraction of sp³-hybridized carbons (Fsp3) is 0.500. The molecular weight excluding hydrogens is 359 g/mol. The van der Waals surface area contributed by atoms with E-state index >= 15 is 0 Å². The normalized spacial score (nSPS) is 11.6. The molecule has 0 aromatic carbocycles. The van der Waals surface area contributed by atoms with Gasteiger partial charge >= 0.3 is 0 Å². The van der Waals surface area contributed by atoms with Gasteiger partial charge in [0.15, 0.2) is 11.7 Å². The van der Waals surface area contributed by atoms with Crippen LogP contribution in [0, 0.1) is 0 Å². The highest BCUT2D eigenvalue weighted by Gasteiger charge is 2.09. The Hall–Kier alpha value is -1.25. The maximum absolute atomic E-state index is 11.5. The van der Waals surface area contributed by atoms with Crippen LogP contribution in [0.1, 0.15) is 31.3 Å². The number of nitrogens with zero attached hydrogens (tertiary/aromatic N) is 1. The molecule has 108 valence electrons. The summed E-state index contributed by atoms with van der Waals surface area (Å²) in [5.41, 5.74) is 5.56. The van der Waals surface area contributed by atoms with Gasteiger partial charge < -0.3 is 20.8 Å². The molecule has 0 radical (unpaired) electrons. The van der Waals surface area contributed by atoms with Crippen LogP contribution >= 0.6 is 24.0 Å². The number of nitrogens with two attached hydrogens (primary N) is 1. The van der Waals surface area contributed by atoms with Gasteiger partial charge in [0.05, 0.1) is 12.8 Å². The number of furan rings is 1. The molecule has 0 aliphatic rings. The Balaban J connectivity index is 0.00000324. The Morgan fingerprint density at radius 1 is 1.47 bits per heavy atom. The van der Waals surface area contributed by atoms with Gasteiger partial charge in [-0.1, -0.05) is 0 Å². The maximum Gasteiger partial charge on any atom is 0.287 e. The second kappa shape index (κ2) is 8.03. The van der Waals surface area contributed by atoms with Crippen LogP contribution in [0.3, 0.4) is 0 Å². The lowest BCUT2D eigenvalue weighted by Crippen LogP contribution is -2.45. The number of aliphatic imine (C=N–C) groups is 1. The van der Waals surface area contributed by atoms with Crippen molar-refractivity contribution in [2.24, 2.45) is 10.7 Å². The van der Waals surface area contributed by atoms with E-state index in [1.807, 2.05) is 20.8 Å². The molecule has 0 bridgehead atoms. The van der Waals surface area contributed by atoms with E-state index in [1.54, 1.807) is 12.1 Å². The predicted octanol–water partition coefficient (Wildman–Crippen LogP) is 1.33. The largest absolute Gasteiger partial charge is 0.459 e. The van der Waals surface area contributed by atoms with E-state index in [0.717, 1.165) is 0 Å². The van der Waals surface area contributed by atoms with Gasteiger partial charge in [-0.25, -0.2) is 0 Å². The minimum Gasteiger partial charge on any atom is -0.459 e. The molecule has 7 heteroatoms. The lowest BCUT2D eigenvalue weighted by molar-refractivity contribution is 0.0927. The van der Waals surface area contributed by atoms with Gasteiger partial charge in [0.25, 0.3) is 5.91 Å². The highest BCUT2D eigenvalue weighted by atomic mass is 127. The van der Waals surface area contributed by atoms with Crippen LogP contribution in [0.15, 0.2) is 27.8 Å². The van der Waals surface area contributed by atoms with Gasteiger partial charge in [-0.2, -0.15) is 0 Å². The lowest BCUT2D eigenvalue weighted by Gasteiger charge is -2.20. The maximum atomic E-state index is 11.5. The van der Waals surface area contributed by atoms with Crippen molar-refractivity contribution in [3.63, 3.8) is 0 Å². The molecule has 0 saturated carbocycles. The second-order valence-corrected chi connectivity index (χ2v) is 4.88. The van der Waals surface area contributed by atoms with Crippen LogP contribution in [-0.2, 0) is 0 Å². The van der Waals surface area contributed by atoms with Crippen LogP contribution in [0.2, 0.25) is 0 Å². The zero-order chi connectivity index (χ0) is 13.6. The van der Waals surface area contributed by atoms with Crippen molar-refractivity contribution in [2.75, 3.05) is 13.1 Å². The topological polar surface area (TPSA) is 92.6 Å². The van der Waals surface area contributed by atoms with Crippen LogP contribution < -0.4 is 16.4 Å². The SMILES string of the molecule is CC(C)(C)NC(N)=NCCNC(=O)c1ccco1.I. The van der Waals surface area contributed by atoms with Crippen molar-refractivity contribution >= 4 is 35.8 Å². The molecule has 0 unspecified atom stereocenters. The van der Waals surface area contributed by atoms with Crippen LogP contribution in [0.4, 0.5) is 0 Å². The molecule has 0 aliphatic heterocycles. The first kappa shape index (κ1) is 17.8. The number of halogens is 1. The number of nitrogens with one attached hydrogen (secondary N) is 2. The van der Waals surface area contributed by atoms with E-state index in [-0.39, 0.29) is 35.4 Å². The monoisotopic (exact) mass is 380 g/mol. The average Bonchev–Trinajstić information content (AvgIpc) is 2.74. The standard InChI is InChI=1S/C12H20N4O2.HI/c1-12(2,3)16-11(13)15-7-6-14-10(17)9-5-4-8-18-9;/h4-5,8H,6-7H2,1-3H3,(H,14,17)(H3,13,15,16);1H. The number of amides is 1. The average molecular weight is 380 g/mol. The number of hydrogen-bond donors (Lipinski definition) is 3. The third-order valence-corrected chi connectivity index (χ3v) is 1.93. The van der Waals surface area contributed by atoms with E-state index in [0.29, 0.717) is 24.8 Å². The minimum absolute atomic E-state index is 0. The van der Waals surface area contributed by atoms with Crippen molar-refractivity contribution in [1.82, 2.24) is 10.6 Å². The summed E-state index contributed by atoms with van der Waals surface area (Å²) in [6.07, 6.45) is 1.46. The molecule has 0 spiro atoms. The summed E-state index contributed by atoms with van der Waals surface area (Å²) >= 11 is 0. The molecule has 6 nitrogen and oxygen atoms in total. The quantitative estimate of drug-likeness (QED) is 0.318. The Labute approximate surface area is 130 Å². The summed E-state index contributed by atoms with van der Waals surface area (Å²) in [6, 6.07) is 3.27. The zero-order valence-electron chi connectivity index (χ0n) is 11.4. The summed E-state index contributed by atoms with van der Waals surface area (Å²) in [7, 11) is 0. The van der Waals surface area contributed by atoms with Crippen LogP contribution in [0.5, 0.6) is 0 Å². The fourth-order valence-corrected chi connectivity index (χ4v) is 1.26. The summed E-state index contributed by atoms with van der Waals surface area (Å²) in [4.78, 5) is 15.6. The van der Waals surface area contributed by atoms with Crippen LogP contribution in [-0.4, -0.2) is 30.5 Å².